The van der Waals surface area contributed by atoms with Crippen molar-refractivity contribution in [2.75, 3.05) is 5.32 Å². The van der Waals surface area contributed by atoms with Gasteiger partial charge in [-0.1, -0.05) is 17.7 Å². The summed E-state index contributed by atoms with van der Waals surface area (Å²) >= 11 is 5.71. The maximum Gasteiger partial charge on any atom is 0.255 e. The predicted octanol–water partition coefficient (Wildman–Crippen LogP) is 3.17. The molecule has 6 heteroatoms. The number of aromatic hydroxyl groups is 1. The summed E-state index contributed by atoms with van der Waals surface area (Å²) in [6.45, 7) is 0. The first-order valence-corrected chi connectivity index (χ1v) is 6.24. The van der Waals surface area contributed by atoms with Gasteiger partial charge in [0.15, 0.2) is 0 Å². The van der Waals surface area contributed by atoms with Gasteiger partial charge in [0, 0.05) is 22.7 Å². The number of hydrogen-bond donors (Lipinski definition) is 3. The summed E-state index contributed by atoms with van der Waals surface area (Å²) in [4.78, 5) is 12.1. The van der Waals surface area contributed by atoms with Crippen molar-refractivity contribution >= 4 is 34.1 Å². The van der Waals surface area contributed by atoms with Crippen LogP contribution in [0.3, 0.4) is 0 Å². The van der Waals surface area contributed by atoms with E-state index < -0.39 is 0 Å². The van der Waals surface area contributed by atoms with Crippen LogP contribution in [0, 0.1) is 0 Å². The summed E-state index contributed by atoms with van der Waals surface area (Å²) in [6.07, 6.45) is 1.69. The second-order valence-electron chi connectivity index (χ2n) is 4.29. The van der Waals surface area contributed by atoms with E-state index in [1.54, 1.807) is 24.4 Å². The number of hydrogen-bond acceptors (Lipinski definition) is 3. The fraction of sp³-hybridized carbons (Fsp3) is 0. The van der Waals surface area contributed by atoms with Crippen molar-refractivity contribution in [3.05, 3.63) is 53.2 Å². The van der Waals surface area contributed by atoms with Crippen LogP contribution in [0.1, 0.15) is 10.4 Å². The molecule has 0 aliphatic carbocycles. The van der Waals surface area contributed by atoms with Gasteiger partial charge in [0.05, 0.1) is 16.7 Å². The van der Waals surface area contributed by atoms with E-state index in [0.717, 1.165) is 10.9 Å². The summed E-state index contributed by atoms with van der Waals surface area (Å²) in [7, 11) is 0. The zero-order valence-corrected chi connectivity index (χ0v) is 11.0. The van der Waals surface area contributed by atoms with Gasteiger partial charge < -0.3 is 10.4 Å². The Labute approximate surface area is 119 Å². The molecule has 0 saturated heterocycles. The van der Waals surface area contributed by atoms with Crippen molar-refractivity contribution in [3.8, 4) is 5.75 Å². The van der Waals surface area contributed by atoms with Crippen molar-refractivity contribution in [2.45, 2.75) is 0 Å². The maximum absolute atomic E-state index is 12.1. The third kappa shape index (κ3) is 2.31. The molecule has 1 amide bonds. The van der Waals surface area contributed by atoms with Gasteiger partial charge in [-0.25, -0.2) is 0 Å². The van der Waals surface area contributed by atoms with Gasteiger partial charge in [0.25, 0.3) is 5.91 Å². The van der Waals surface area contributed by atoms with E-state index in [0.29, 0.717) is 11.3 Å². The van der Waals surface area contributed by atoms with Gasteiger partial charge in [-0.15, -0.1) is 0 Å². The van der Waals surface area contributed by atoms with Gasteiger partial charge in [0.2, 0.25) is 0 Å². The van der Waals surface area contributed by atoms with Crippen LogP contribution in [0.5, 0.6) is 5.75 Å². The molecule has 0 unspecified atom stereocenters. The van der Waals surface area contributed by atoms with E-state index in [1.165, 1.54) is 12.1 Å². The van der Waals surface area contributed by atoms with Crippen LogP contribution in [0.25, 0.3) is 10.9 Å². The molecule has 0 spiro atoms. The van der Waals surface area contributed by atoms with E-state index in [9.17, 15) is 9.90 Å². The second-order valence-corrected chi connectivity index (χ2v) is 4.70. The van der Waals surface area contributed by atoms with Crippen molar-refractivity contribution in [1.82, 2.24) is 10.2 Å². The lowest BCUT2D eigenvalue weighted by molar-refractivity contribution is 0.102. The Bertz CT molecular complexity index is 798. The van der Waals surface area contributed by atoms with Crippen LogP contribution in [-0.4, -0.2) is 21.2 Å². The molecule has 0 aliphatic rings. The summed E-state index contributed by atoms with van der Waals surface area (Å²) < 4.78 is 0. The van der Waals surface area contributed by atoms with Crippen LogP contribution in [-0.2, 0) is 0 Å². The normalized spacial score (nSPS) is 10.7. The molecule has 0 atom stereocenters. The molecular weight excluding hydrogens is 278 g/mol. The molecule has 3 N–H and O–H groups in total. The summed E-state index contributed by atoms with van der Waals surface area (Å²) in [5, 5.41) is 20.1. The van der Waals surface area contributed by atoms with E-state index in [1.807, 2.05) is 6.07 Å². The smallest absolute Gasteiger partial charge is 0.255 e. The summed E-state index contributed by atoms with van der Waals surface area (Å²) in [6, 6.07) is 9.78. The number of halogens is 1. The van der Waals surface area contributed by atoms with Crippen molar-refractivity contribution in [2.24, 2.45) is 0 Å². The SMILES string of the molecule is O=C(Nc1ccc(Cl)c(O)c1)c1ccc2cn[nH]c2c1. The van der Waals surface area contributed by atoms with Gasteiger partial charge in [0.1, 0.15) is 5.75 Å². The number of H-pyrrole nitrogens is 1. The minimum atomic E-state index is -0.275. The molecule has 5 nitrogen and oxygen atoms in total. The van der Waals surface area contributed by atoms with Gasteiger partial charge in [-0.2, -0.15) is 5.10 Å². The molecular formula is C14H10ClN3O2. The zero-order chi connectivity index (χ0) is 14.1. The minimum absolute atomic E-state index is 0.0755. The number of carbonyl (C=O) groups is 1. The Morgan fingerprint density at radius 1 is 1.25 bits per heavy atom. The number of benzene rings is 2. The molecule has 0 fully saturated rings. The number of aromatic amines is 1. The minimum Gasteiger partial charge on any atom is -0.506 e. The van der Waals surface area contributed by atoms with E-state index in [-0.39, 0.29) is 16.7 Å². The molecule has 1 aromatic heterocycles. The number of rotatable bonds is 2. The molecule has 3 rings (SSSR count). The molecule has 0 radical (unpaired) electrons. The number of carbonyl (C=O) groups excluding carboxylic acids is 1. The third-order valence-electron chi connectivity index (χ3n) is 2.91. The number of aromatic nitrogens is 2. The molecule has 0 aliphatic heterocycles. The highest BCUT2D eigenvalue weighted by molar-refractivity contribution is 6.32. The van der Waals surface area contributed by atoms with Crippen LogP contribution in [0.4, 0.5) is 5.69 Å². The Balaban J connectivity index is 1.86. The standard InChI is InChI=1S/C14H10ClN3O2/c15-11-4-3-10(6-13(11)19)17-14(20)8-1-2-9-7-16-18-12(9)5-8/h1-7,19H,(H,16,18)(H,17,20). The monoisotopic (exact) mass is 287 g/mol. The number of nitrogens with zero attached hydrogens (tertiary/aromatic N) is 1. The quantitative estimate of drug-likeness (QED) is 0.677. The highest BCUT2D eigenvalue weighted by Gasteiger charge is 2.09. The molecule has 100 valence electrons. The van der Waals surface area contributed by atoms with Crippen molar-refractivity contribution in [1.29, 1.82) is 0 Å². The second kappa shape index (κ2) is 4.86. The zero-order valence-electron chi connectivity index (χ0n) is 10.2. The molecule has 20 heavy (non-hydrogen) atoms. The topological polar surface area (TPSA) is 78.0 Å². The summed E-state index contributed by atoms with van der Waals surface area (Å²) in [5.41, 5.74) is 1.76. The molecule has 0 bridgehead atoms. The lowest BCUT2D eigenvalue weighted by Gasteiger charge is -2.06. The first-order chi connectivity index (χ1) is 9.63. The van der Waals surface area contributed by atoms with Crippen LogP contribution in [0.15, 0.2) is 42.6 Å². The first kappa shape index (κ1) is 12.5. The number of phenolic OH excluding ortho intramolecular Hbond substituents is 1. The predicted molar refractivity (Wildman–Crippen MR) is 77.2 cm³/mol. The first-order valence-electron chi connectivity index (χ1n) is 5.86. The number of anilines is 1. The van der Waals surface area contributed by atoms with Gasteiger partial charge >= 0.3 is 0 Å². The number of fused-ring (bicyclic) bond motifs is 1. The molecule has 1 heterocycles. The van der Waals surface area contributed by atoms with Crippen molar-refractivity contribution in [3.63, 3.8) is 0 Å². The Morgan fingerprint density at radius 3 is 2.90 bits per heavy atom. The van der Waals surface area contributed by atoms with Crippen LogP contribution >= 0.6 is 11.6 Å². The lowest BCUT2D eigenvalue weighted by Crippen LogP contribution is -2.11. The Kier molecular flexibility index (Phi) is 3.04. The average Bonchev–Trinajstić information content (AvgIpc) is 2.90. The van der Waals surface area contributed by atoms with Crippen LogP contribution in [0.2, 0.25) is 5.02 Å². The van der Waals surface area contributed by atoms with Gasteiger partial charge in [-0.3, -0.25) is 9.89 Å². The average molecular weight is 288 g/mol. The fourth-order valence-electron chi connectivity index (χ4n) is 1.87. The van der Waals surface area contributed by atoms with Crippen molar-refractivity contribution < 1.29 is 9.90 Å². The highest BCUT2D eigenvalue weighted by Crippen LogP contribution is 2.26. The Hall–Kier alpha value is -2.53. The van der Waals surface area contributed by atoms with E-state index in [4.69, 9.17) is 11.6 Å². The number of phenols is 1. The lowest BCUT2D eigenvalue weighted by atomic mass is 10.1. The maximum atomic E-state index is 12.1. The molecule has 2 aromatic carbocycles. The largest absolute Gasteiger partial charge is 0.506 e. The highest BCUT2D eigenvalue weighted by atomic mass is 35.5. The molecule has 0 saturated carbocycles. The third-order valence-corrected chi connectivity index (χ3v) is 3.23. The Morgan fingerprint density at radius 2 is 2.10 bits per heavy atom. The number of nitrogens with one attached hydrogen (secondary N) is 2. The van der Waals surface area contributed by atoms with E-state index >= 15 is 0 Å². The number of amides is 1. The molecule has 3 aromatic rings. The fourth-order valence-corrected chi connectivity index (χ4v) is 1.99. The van der Waals surface area contributed by atoms with E-state index in [2.05, 4.69) is 15.5 Å². The summed E-state index contributed by atoms with van der Waals surface area (Å²) in [5.74, 6) is -0.350. The van der Waals surface area contributed by atoms with Gasteiger partial charge in [-0.05, 0) is 24.3 Å². The van der Waals surface area contributed by atoms with Crippen LogP contribution < -0.4 is 5.32 Å².